The minimum atomic E-state index is 1.06. The van der Waals surface area contributed by atoms with E-state index in [1.165, 1.54) is 14.6 Å². The average Bonchev–Trinajstić information content (AvgIpc) is 3.15. The topological polar surface area (TPSA) is 12.4 Å². The zero-order valence-electron chi connectivity index (χ0n) is 10.1. The second-order valence-electron chi connectivity index (χ2n) is 3.90. The normalized spacial score (nSPS) is 14.0. The number of thiophene rings is 2. The summed E-state index contributed by atoms with van der Waals surface area (Å²) in [6.07, 6.45) is 11.5. The summed E-state index contributed by atoms with van der Waals surface area (Å²) in [6, 6.07) is 8.47. The monoisotopic (exact) mass is 281 g/mol. The van der Waals surface area contributed by atoms with Crippen molar-refractivity contribution in [2.24, 2.45) is 4.99 Å². The Bertz CT molecular complexity index is 706. The number of hydrogen-bond acceptors (Lipinski definition) is 3. The van der Waals surface area contributed by atoms with E-state index in [0.717, 1.165) is 5.57 Å². The fourth-order valence-corrected chi connectivity index (χ4v) is 3.38. The molecule has 0 saturated heterocycles. The summed E-state index contributed by atoms with van der Waals surface area (Å²) in [6.45, 7) is 0. The van der Waals surface area contributed by atoms with Crippen molar-refractivity contribution in [3.63, 3.8) is 0 Å². The molecule has 0 radical (unpaired) electrons. The lowest BCUT2D eigenvalue weighted by Crippen LogP contribution is -1.69. The number of rotatable bonds is 4. The van der Waals surface area contributed by atoms with Gasteiger partial charge in [0.25, 0.3) is 0 Å². The van der Waals surface area contributed by atoms with Gasteiger partial charge in [-0.25, -0.2) is 0 Å². The summed E-state index contributed by atoms with van der Waals surface area (Å²) in [5.41, 5.74) is 4.16. The molecular formula is C16H11NS2. The number of hydrogen-bond donors (Lipinski definition) is 0. The van der Waals surface area contributed by atoms with Crippen molar-refractivity contribution in [1.29, 1.82) is 0 Å². The van der Waals surface area contributed by atoms with Crippen LogP contribution >= 0.6 is 22.7 Å². The molecule has 2 aromatic heterocycles. The van der Waals surface area contributed by atoms with Crippen LogP contribution < -0.4 is 0 Å². The Hall–Kier alpha value is -1.93. The molecule has 0 saturated carbocycles. The third-order valence-corrected chi connectivity index (χ3v) is 4.64. The lowest BCUT2D eigenvalue weighted by atomic mass is 10.3. The van der Waals surface area contributed by atoms with Gasteiger partial charge in [0.15, 0.2) is 0 Å². The zero-order valence-corrected chi connectivity index (χ0v) is 11.7. The van der Waals surface area contributed by atoms with Crippen molar-refractivity contribution in [1.82, 2.24) is 0 Å². The van der Waals surface area contributed by atoms with Crippen LogP contribution in [0.2, 0.25) is 0 Å². The second-order valence-corrected chi connectivity index (χ2v) is 5.96. The van der Waals surface area contributed by atoms with E-state index >= 15 is 0 Å². The first kappa shape index (κ1) is 12.1. The Morgan fingerprint density at radius 2 is 2.16 bits per heavy atom. The fraction of sp³-hybridized carbons (Fsp3) is 0. The van der Waals surface area contributed by atoms with Gasteiger partial charge in [0.2, 0.25) is 0 Å². The Kier molecular flexibility index (Phi) is 3.70. The third kappa shape index (κ3) is 3.09. The molecule has 0 fully saturated rings. The Balaban J connectivity index is 1.67. The molecule has 3 heteroatoms. The van der Waals surface area contributed by atoms with Crippen LogP contribution in [-0.4, -0.2) is 6.21 Å². The van der Waals surface area contributed by atoms with Crippen molar-refractivity contribution < 1.29 is 0 Å². The average molecular weight is 281 g/mol. The fourth-order valence-electron chi connectivity index (χ4n) is 1.66. The van der Waals surface area contributed by atoms with Crippen LogP contribution in [0.3, 0.4) is 0 Å². The standard InChI is InChI=1S/C16H11NS2/c1-2-5-13(4-1)9-10-17-12-14-7-8-16(19-14)15-6-3-11-18-15/h1-4,6-12H/b10-9+,17-12?. The van der Waals surface area contributed by atoms with E-state index in [0.29, 0.717) is 0 Å². The van der Waals surface area contributed by atoms with Crippen molar-refractivity contribution in [2.75, 3.05) is 0 Å². The minimum absolute atomic E-state index is 1.06. The molecule has 0 amide bonds. The van der Waals surface area contributed by atoms with Crippen LogP contribution in [0.1, 0.15) is 4.88 Å². The summed E-state index contributed by atoms with van der Waals surface area (Å²) in [5, 5.41) is 2.10. The lowest BCUT2D eigenvalue weighted by Gasteiger charge is -1.87. The first-order chi connectivity index (χ1) is 9.42. The number of nitrogens with zero attached hydrogens (tertiary/aromatic N) is 1. The molecule has 0 N–H and O–H groups in total. The largest absolute Gasteiger partial charge is 0.263 e. The van der Waals surface area contributed by atoms with Crippen molar-refractivity contribution in [3.8, 4) is 9.75 Å². The van der Waals surface area contributed by atoms with E-state index < -0.39 is 0 Å². The van der Waals surface area contributed by atoms with Crippen LogP contribution in [-0.2, 0) is 0 Å². The molecule has 1 nitrogen and oxygen atoms in total. The molecule has 3 rings (SSSR count). The maximum Gasteiger partial charge on any atom is 0.0460 e. The molecular weight excluding hydrogens is 270 g/mol. The van der Waals surface area contributed by atoms with Crippen LogP contribution in [0.5, 0.6) is 0 Å². The highest BCUT2D eigenvalue weighted by Gasteiger charge is 2.01. The smallest absolute Gasteiger partial charge is 0.0460 e. The molecule has 0 aliphatic heterocycles. The maximum absolute atomic E-state index is 4.30. The Morgan fingerprint density at radius 1 is 1.16 bits per heavy atom. The number of allylic oxidation sites excluding steroid dienone is 4. The molecule has 92 valence electrons. The Morgan fingerprint density at radius 3 is 2.95 bits per heavy atom. The summed E-state index contributed by atoms with van der Waals surface area (Å²) in [5.74, 6) is 0. The van der Waals surface area contributed by atoms with E-state index in [2.05, 4.69) is 40.4 Å². The maximum atomic E-state index is 4.30. The first-order valence-electron chi connectivity index (χ1n) is 5.89. The van der Waals surface area contributed by atoms with Crippen LogP contribution in [0.15, 0.2) is 76.4 Å². The Labute approximate surface area is 120 Å². The highest BCUT2D eigenvalue weighted by Crippen LogP contribution is 2.30. The molecule has 0 spiro atoms. The van der Waals surface area contributed by atoms with Gasteiger partial charge in [0, 0.05) is 32.6 Å². The van der Waals surface area contributed by atoms with Crippen LogP contribution in [0.25, 0.3) is 9.75 Å². The van der Waals surface area contributed by atoms with Gasteiger partial charge in [-0.2, -0.15) is 0 Å². The van der Waals surface area contributed by atoms with Crippen LogP contribution in [0.4, 0.5) is 0 Å². The highest BCUT2D eigenvalue weighted by molar-refractivity contribution is 7.22. The van der Waals surface area contributed by atoms with E-state index in [-0.39, 0.29) is 0 Å². The molecule has 1 aliphatic carbocycles. The summed E-state index contributed by atoms with van der Waals surface area (Å²) < 4.78 is 0. The predicted molar refractivity (Wildman–Crippen MR) is 85.1 cm³/mol. The van der Waals surface area contributed by atoms with E-state index in [1.807, 2.05) is 30.5 Å². The SMILES string of the molecule is C1=CC=CC=1/C=C/N=Cc1ccc(-c2cccs2)s1. The minimum Gasteiger partial charge on any atom is -0.263 e. The van der Waals surface area contributed by atoms with Gasteiger partial charge in [-0.15, -0.1) is 28.4 Å². The number of aliphatic imine (C=N–C) groups is 1. The molecule has 0 unspecified atom stereocenters. The first-order valence-corrected chi connectivity index (χ1v) is 7.58. The zero-order chi connectivity index (χ0) is 12.9. The summed E-state index contributed by atoms with van der Waals surface area (Å²) in [4.78, 5) is 8.07. The quantitative estimate of drug-likeness (QED) is 0.548. The van der Waals surface area contributed by atoms with Gasteiger partial charge in [0.05, 0.1) is 0 Å². The summed E-state index contributed by atoms with van der Waals surface area (Å²) >= 11 is 3.52. The van der Waals surface area contributed by atoms with E-state index in [9.17, 15) is 0 Å². The van der Waals surface area contributed by atoms with Gasteiger partial charge in [-0.1, -0.05) is 12.1 Å². The molecule has 1 aliphatic rings. The van der Waals surface area contributed by atoms with Gasteiger partial charge in [-0.3, -0.25) is 4.99 Å². The van der Waals surface area contributed by atoms with Gasteiger partial charge >= 0.3 is 0 Å². The van der Waals surface area contributed by atoms with Gasteiger partial charge in [0.1, 0.15) is 0 Å². The third-order valence-electron chi connectivity index (χ3n) is 2.55. The second kappa shape index (κ2) is 5.81. The summed E-state index contributed by atoms with van der Waals surface area (Å²) in [7, 11) is 0. The van der Waals surface area contributed by atoms with Crippen molar-refractivity contribution in [3.05, 3.63) is 76.3 Å². The lowest BCUT2D eigenvalue weighted by molar-refractivity contribution is 1.56. The molecule has 0 atom stereocenters. The van der Waals surface area contributed by atoms with E-state index in [1.54, 1.807) is 28.9 Å². The van der Waals surface area contributed by atoms with Crippen molar-refractivity contribution in [2.45, 2.75) is 0 Å². The molecule has 0 bridgehead atoms. The molecule has 2 aromatic rings. The molecule has 19 heavy (non-hydrogen) atoms. The predicted octanol–water partition coefficient (Wildman–Crippen LogP) is 5.06. The van der Waals surface area contributed by atoms with Gasteiger partial charge in [-0.05, 0) is 41.8 Å². The highest BCUT2D eigenvalue weighted by atomic mass is 32.1. The van der Waals surface area contributed by atoms with Crippen molar-refractivity contribution >= 4 is 28.9 Å². The van der Waals surface area contributed by atoms with Crippen LogP contribution in [0, 0.1) is 0 Å². The van der Waals surface area contributed by atoms with E-state index in [4.69, 9.17) is 0 Å². The molecule has 0 aromatic carbocycles. The molecule has 2 heterocycles. The van der Waals surface area contributed by atoms with Gasteiger partial charge < -0.3 is 0 Å².